The average Bonchev–Trinajstić information content (AvgIpc) is 2.66. The molecule has 2 aromatic rings. The highest BCUT2D eigenvalue weighted by Crippen LogP contribution is 2.18. The minimum absolute atomic E-state index is 0.0578. The summed E-state index contributed by atoms with van der Waals surface area (Å²) in [5.74, 6) is 0.462. The number of aromatic nitrogens is 2. The fraction of sp³-hybridized carbons (Fsp3) is 0.412. The molecule has 118 valence electrons. The van der Waals surface area contributed by atoms with Crippen LogP contribution in [0, 0.1) is 19.8 Å². The number of amides is 1. The van der Waals surface area contributed by atoms with E-state index >= 15 is 0 Å². The number of halogens is 1. The Hall–Kier alpha value is -1.81. The molecule has 22 heavy (non-hydrogen) atoms. The number of carbonyl (C=O) groups excluding carboxylic acids is 1. The maximum Gasteiger partial charge on any atom is 0.228 e. The van der Waals surface area contributed by atoms with E-state index in [9.17, 15) is 4.79 Å². The predicted molar refractivity (Wildman–Crippen MR) is 90.3 cm³/mol. The van der Waals surface area contributed by atoms with Crippen molar-refractivity contribution in [2.24, 2.45) is 5.92 Å². The monoisotopic (exact) mass is 319 g/mol. The van der Waals surface area contributed by atoms with Gasteiger partial charge in [-0.15, -0.1) is 0 Å². The molecule has 1 N–H and O–H groups in total. The molecule has 2 rings (SSSR count). The van der Waals surface area contributed by atoms with Crippen LogP contribution in [-0.4, -0.2) is 15.7 Å². The van der Waals surface area contributed by atoms with Crippen LogP contribution in [0.5, 0.6) is 0 Å². The third-order valence-corrected chi connectivity index (χ3v) is 3.75. The van der Waals surface area contributed by atoms with Crippen LogP contribution in [-0.2, 0) is 17.8 Å². The molecular weight excluding hydrogens is 298 g/mol. The topological polar surface area (TPSA) is 46.9 Å². The Bertz CT molecular complexity index is 677. The molecule has 1 heterocycles. The molecule has 0 aliphatic rings. The van der Waals surface area contributed by atoms with Crippen LogP contribution in [0.25, 0.3) is 0 Å². The van der Waals surface area contributed by atoms with E-state index in [-0.39, 0.29) is 5.91 Å². The van der Waals surface area contributed by atoms with Crippen LogP contribution >= 0.6 is 11.6 Å². The van der Waals surface area contributed by atoms with Crippen molar-refractivity contribution < 1.29 is 4.79 Å². The van der Waals surface area contributed by atoms with E-state index in [1.54, 1.807) is 12.1 Å². The number of hydrogen-bond donors (Lipinski definition) is 1. The molecule has 5 heteroatoms. The number of benzene rings is 1. The summed E-state index contributed by atoms with van der Waals surface area (Å²) in [6, 6.07) is 7.16. The number of carbonyl (C=O) groups is 1. The fourth-order valence-corrected chi connectivity index (χ4v) is 2.64. The second-order valence-corrected chi connectivity index (χ2v) is 6.40. The molecule has 0 bridgehead atoms. The van der Waals surface area contributed by atoms with Gasteiger partial charge < -0.3 is 5.32 Å². The van der Waals surface area contributed by atoms with E-state index in [1.807, 2.05) is 30.7 Å². The molecule has 1 amide bonds. The summed E-state index contributed by atoms with van der Waals surface area (Å²) in [7, 11) is 0. The largest absolute Gasteiger partial charge is 0.326 e. The summed E-state index contributed by atoms with van der Waals surface area (Å²) in [4.78, 5) is 12.2. The second-order valence-electron chi connectivity index (χ2n) is 5.96. The number of nitrogens with one attached hydrogen (secondary N) is 1. The highest BCUT2D eigenvalue weighted by molar-refractivity contribution is 6.30. The minimum Gasteiger partial charge on any atom is -0.326 e. The van der Waals surface area contributed by atoms with Crippen LogP contribution in [0.1, 0.15) is 30.8 Å². The van der Waals surface area contributed by atoms with Crippen molar-refractivity contribution in [2.75, 3.05) is 5.32 Å². The lowest BCUT2D eigenvalue weighted by molar-refractivity contribution is -0.115. The van der Waals surface area contributed by atoms with Crippen molar-refractivity contribution in [3.63, 3.8) is 0 Å². The first-order valence-electron chi connectivity index (χ1n) is 7.45. The van der Waals surface area contributed by atoms with Gasteiger partial charge in [0.05, 0.1) is 12.1 Å². The Kier molecular flexibility index (Phi) is 5.24. The van der Waals surface area contributed by atoms with Crippen LogP contribution in [0.3, 0.4) is 0 Å². The molecule has 0 spiro atoms. The van der Waals surface area contributed by atoms with Gasteiger partial charge in [0, 0.05) is 28.5 Å². The number of rotatable bonds is 5. The van der Waals surface area contributed by atoms with E-state index in [0.717, 1.165) is 23.5 Å². The highest BCUT2D eigenvalue weighted by atomic mass is 35.5. The van der Waals surface area contributed by atoms with E-state index in [2.05, 4.69) is 24.3 Å². The van der Waals surface area contributed by atoms with E-state index in [1.165, 1.54) is 0 Å². The number of aryl methyl sites for hydroxylation is 1. The molecule has 0 saturated heterocycles. The van der Waals surface area contributed by atoms with Gasteiger partial charge in [0.2, 0.25) is 5.91 Å². The Balaban J connectivity index is 2.10. The number of anilines is 1. The van der Waals surface area contributed by atoms with Gasteiger partial charge in [-0.05, 0) is 38.0 Å². The summed E-state index contributed by atoms with van der Waals surface area (Å²) in [6.07, 6.45) is 0.322. The van der Waals surface area contributed by atoms with Gasteiger partial charge in [0.25, 0.3) is 0 Å². The lowest BCUT2D eigenvalue weighted by Crippen LogP contribution is -2.15. The van der Waals surface area contributed by atoms with Gasteiger partial charge >= 0.3 is 0 Å². The van der Waals surface area contributed by atoms with Gasteiger partial charge in [0.15, 0.2) is 0 Å². The smallest absolute Gasteiger partial charge is 0.228 e. The Morgan fingerprint density at radius 3 is 2.73 bits per heavy atom. The van der Waals surface area contributed by atoms with Gasteiger partial charge in [-0.2, -0.15) is 5.10 Å². The summed E-state index contributed by atoms with van der Waals surface area (Å²) >= 11 is 5.93. The third-order valence-electron chi connectivity index (χ3n) is 3.52. The fourth-order valence-electron chi connectivity index (χ4n) is 2.45. The van der Waals surface area contributed by atoms with Gasteiger partial charge in [-0.1, -0.05) is 31.5 Å². The molecule has 0 saturated carbocycles. The van der Waals surface area contributed by atoms with Crippen molar-refractivity contribution in [3.05, 3.63) is 46.2 Å². The van der Waals surface area contributed by atoms with Crippen LogP contribution in [0.4, 0.5) is 5.69 Å². The van der Waals surface area contributed by atoms with Gasteiger partial charge in [-0.25, -0.2) is 0 Å². The van der Waals surface area contributed by atoms with Crippen molar-refractivity contribution in [1.29, 1.82) is 0 Å². The van der Waals surface area contributed by atoms with Crippen LogP contribution in [0.2, 0.25) is 5.02 Å². The lowest BCUT2D eigenvalue weighted by Gasteiger charge is -2.08. The maximum absolute atomic E-state index is 12.2. The Labute approximate surface area is 136 Å². The molecule has 0 aliphatic heterocycles. The Morgan fingerprint density at radius 2 is 2.09 bits per heavy atom. The third kappa shape index (κ3) is 4.10. The quantitative estimate of drug-likeness (QED) is 0.905. The zero-order valence-corrected chi connectivity index (χ0v) is 14.2. The first kappa shape index (κ1) is 16.6. The normalized spacial score (nSPS) is 11.0. The standard InChI is InChI=1S/C17H22ClN3O/c1-11(2)10-21-13(4)16(12(3)20-21)9-17(22)19-15-7-5-6-14(18)8-15/h5-8,11H,9-10H2,1-4H3,(H,19,22). The predicted octanol–water partition coefficient (Wildman–Crippen LogP) is 3.99. The van der Waals surface area contributed by atoms with Crippen LogP contribution in [0.15, 0.2) is 24.3 Å². The molecule has 0 unspecified atom stereocenters. The van der Waals surface area contributed by atoms with Crippen LogP contribution < -0.4 is 5.32 Å². The zero-order valence-electron chi connectivity index (χ0n) is 13.5. The average molecular weight is 320 g/mol. The minimum atomic E-state index is -0.0578. The van der Waals surface area contributed by atoms with E-state index in [0.29, 0.717) is 23.0 Å². The van der Waals surface area contributed by atoms with E-state index in [4.69, 9.17) is 11.6 Å². The zero-order chi connectivity index (χ0) is 16.3. The number of nitrogens with zero attached hydrogens (tertiary/aromatic N) is 2. The molecule has 0 atom stereocenters. The number of hydrogen-bond acceptors (Lipinski definition) is 2. The maximum atomic E-state index is 12.2. The molecular formula is C17H22ClN3O. The van der Waals surface area contributed by atoms with Gasteiger partial charge in [0.1, 0.15) is 0 Å². The SMILES string of the molecule is Cc1nn(CC(C)C)c(C)c1CC(=O)Nc1cccc(Cl)c1. The van der Waals surface area contributed by atoms with Crippen molar-refractivity contribution >= 4 is 23.2 Å². The highest BCUT2D eigenvalue weighted by Gasteiger charge is 2.15. The molecule has 0 radical (unpaired) electrons. The van der Waals surface area contributed by atoms with Crippen molar-refractivity contribution in [2.45, 2.75) is 40.7 Å². The summed E-state index contributed by atoms with van der Waals surface area (Å²) in [5, 5.41) is 8.02. The molecule has 1 aromatic carbocycles. The van der Waals surface area contributed by atoms with Gasteiger partial charge in [-0.3, -0.25) is 9.48 Å². The summed E-state index contributed by atoms with van der Waals surface area (Å²) in [6.45, 7) is 9.14. The summed E-state index contributed by atoms with van der Waals surface area (Å²) < 4.78 is 1.99. The van der Waals surface area contributed by atoms with Crippen molar-refractivity contribution in [1.82, 2.24) is 9.78 Å². The molecule has 0 aliphatic carbocycles. The first-order chi connectivity index (χ1) is 10.4. The summed E-state index contributed by atoms with van der Waals surface area (Å²) in [5.41, 5.74) is 3.69. The molecule has 4 nitrogen and oxygen atoms in total. The van der Waals surface area contributed by atoms with Crippen molar-refractivity contribution in [3.8, 4) is 0 Å². The molecule has 0 fully saturated rings. The van der Waals surface area contributed by atoms with E-state index < -0.39 is 0 Å². The second kappa shape index (κ2) is 6.97. The lowest BCUT2D eigenvalue weighted by atomic mass is 10.1. The Morgan fingerprint density at radius 1 is 1.36 bits per heavy atom. The first-order valence-corrected chi connectivity index (χ1v) is 7.83. The molecule has 1 aromatic heterocycles.